The van der Waals surface area contributed by atoms with E-state index in [1.54, 1.807) is 12.1 Å². The maximum absolute atomic E-state index is 13.9. The lowest BCUT2D eigenvalue weighted by Crippen LogP contribution is -2.26. The highest BCUT2D eigenvalue weighted by atomic mass is 32.2. The molecule has 18 heavy (non-hydrogen) atoms. The van der Waals surface area contributed by atoms with Gasteiger partial charge in [-0.15, -0.1) is 0 Å². The molecule has 1 aliphatic heterocycles. The van der Waals surface area contributed by atoms with Gasteiger partial charge in [0, 0.05) is 23.9 Å². The molecule has 0 amide bonds. The first-order valence-electron chi connectivity index (χ1n) is 6.45. The monoisotopic (exact) mass is 269 g/mol. The van der Waals surface area contributed by atoms with Crippen molar-refractivity contribution in [1.82, 2.24) is 5.32 Å². The van der Waals surface area contributed by atoms with Gasteiger partial charge in [0.2, 0.25) is 0 Å². The summed E-state index contributed by atoms with van der Waals surface area (Å²) in [6.45, 7) is 1.53. The third kappa shape index (κ3) is 3.62. The van der Waals surface area contributed by atoms with E-state index in [4.69, 9.17) is 4.74 Å². The molecule has 2 nitrogen and oxygen atoms in total. The Labute approximate surface area is 112 Å². The van der Waals surface area contributed by atoms with E-state index in [-0.39, 0.29) is 5.82 Å². The van der Waals surface area contributed by atoms with E-state index in [0.29, 0.717) is 23.1 Å². The van der Waals surface area contributed by atoms with Crippen LogP contribution in [0.5, 0.6) is 5.75 Å². The van der Waals surface area contributed by atoms with Crippen LogP contribution in [0.25, 0.3) is 0 Å². The van der Waals surface area contributed by atoms with Crippen LogP contribution in [0.15, 0.2) is 18.2 Å². The quantitative estimate of drug-likeness (QED) is 0.887. The average molecular weight is 269 g/mol. The SMILES string of the molecule is COc1cccc(CNCC2CCCCS2)c1F. The van der Waals surface area contributed by atoms with Gasteiger partial charge >= 0.3 is 0 Å². The van der Waals surface area contributed by atoms with E-state index in [2.05, 4.69) is 5.32 Å². The van der Waals surface area contributed by atoms with Crippen LogP contribution in [-0.4, -0.2) is 24.7 Å². The maximum atomic E-state index is 13.9. The number of methoxy groups -OCH3 is 1. The lowest BCUT2D eigenvalue weighted by molar-refractivity contribution is 0.383. The van der Waals surface area contributed by atoms with Crippen molar-refractivity contribution in [2.45, 2.75) is 31.1 Å². The normalized spacial score (nSPS) is 19.8. The highest BCUT2D eigenvalue weighted by Crippen LogP contribution is 2.24. The summed E-state index contributed by atoms with van der Waals surface area (Å²) < 4.78 is 18.8. The lowest BCUT2D eigenvalue weighted by atomic mass is 10.1. The molecule has 1 aromatic rings. The minimum absolute atomic E-state index is 0.246. The largest absolute Gasteiger partial charge is 0.494 e. The fraction of sp³-hybridized carbons (Fsp3) is 0.571. The lowest BCUT2D eigenvalue weighted by Gasteiger charge is -2.21. The van der Waals surface area contributed by atoms with Crippen LogP contribution < -0.4 is 10.1 Å². The predicted octanol–water partition coefficient (Wildman–Crippen LogP) is 3.21. The van der Waals surface area contributed by atoms with Crippen molar-refractivity contribution >= 4 is 11.8 Å². The molecule has 1 fully saturated rings. The standard InChI is InChI=1S/C14H20FNOS/c1-17-13-7-4-5-11(14(13)15)9-16-10-12-6-2-3-8-18-12/h4-5,7,12,16H,2-3,6,8-10H2,1H3. The summed E-state index contributed by atoms with van der Waals surface area (Å²) >= 11 is 2.03. The van der Waals surface area contributed by atoms with Gasteiger partial charge in [0.05, 0.1) is 7.11 Å². The highest BCUT2D eigenvalue weighted by Gasteiger charge is 2.14. The molecule has 1 aliphatic rings. The zero-order chi connectivity index (χ0) is 12.8. The summed E-state index contributed by atoms with van der Waals surface area (Å²) in [5.74, 6) is 1.34. The molecule has 1 N–H and O–H groups in total. The van der Waals surface area contributed by atoms with Gasteiger partial charge in [-0.3, -0.25) is 0 Å². The molecule has 1 atom stereocenters. The topological polar surface area (TPSA) is 21.3 Å². The first-order chi connectivity index (χ1) is 8.81. The Morgan fingerprint density at radius 2 is 2.33 bits per heavy atom. The van der Waals surface area contributed by atoms with Gasteiger partial charge in [0.1, 0.15) is 0 Å². The van der Waals surface area contributed by atoms with Crippen LogP contribution in [-0.2, 0) is 6.54 Å². The van der Waals surface area contributed by atoms with Gasteiger partial charge in [0.15, 0.2) is 11.6 Å². The van der Waals surface area contributed by atoms with Crippen molar-refractivity contribution in [1.29, 1.82) is 0 Å². The molecule has 1 unspecified atom stereocenters. The Bertz CT molecular complexity index is 380. The van der Waals surface area contributed by atoms with Crippen LogP contribution in [0.4, 0.5) is 4.39 Å². The molecular weight excluding hydrogens is 249 g/mol. The number of hydrogen-bond acceptors (Lipinski definition) is 3. The first kappa shape index (κ1) is 13.7. The van der Waals surface area contributed by atoms with Gasteiger partial charge in [0.25, 0.3) is 0 Å². The Morgan fingerprint density at radius 3 is 3.06 bits per heavy atom. The number of halogens is 1. The van der Waals surface area contributed by atoms with E-state index < -0.39 is 0 Å². The van der Waals surface area contributed by atoms with Crippen molar-refractivity contribution < 1.29 is 9.13 Å². The summed E-state index contributed by atoms with van der Waals surface area (Å²) in [5.41, 5.74) is 0.676. The summed E-state index contributed by atoms with van der Waals surface area (Å²) in [6.07, 6.45) is 3.94. The molecule has 1 heterocycles. The molecule has 0 radical (unpaired) electrons. The highest BCUT2D eigenvalue weighted by molar-refractivity contribution is 7.99. The van der Waals surface area contributed by atoms with Crippen molar-refractivity contribution in [3.8, 4) is 5.75 Å². The van der Waals surface area contributed by atoms with Crippen molar-refractivity contribution in [3.05, 3.63) is 29.6 Å². The van der Waals surface area contributed by atoms with Crippen molar-refractivity contribution in [2.75, 3.05) is 19.4 Å². The van der Waals surface area contributed by atoms with E-state index in [0.717, 1.165) is 6.54 Å². The maximum Gasteiger partial charge on any atom is 0.169 e. The van der Waals surface area contributed by atoms with Gasteiger partial charge in [-0.1, -0.05) is 18.6 Å². The van der Waals surface area contributed by atoms with Gasteiger partial charge in [-0.25, -0.2) is 4.39 Å². The number of rotatable bonds is 5. The Balaban J connectivity index is 1.82. The minimum Gasteiger partial charge on any atom is -0.494 e. The second kappa shape index (κ2) is 7.00. The summed E-state index contributed by atoms with van der Waals surface area (Å²) in [6, 6.07) is 5.28. The van der Waals surface area contributed by atoms with Crippen LogP contribution in [0.2, 0.25) is 0 Å². The summed E-state index contributed by atoms with van der Waals surface area (Å²) in [5, 5.41) is 4.03. The van der Waals surface area contributed by atoms with E-state index >= 15 is 0 Å². The Kier molecular flexibility index (Phi) is 5.32. The van der Waals surface area contributed by atoms with Crippen LogP contribution in [0.1, 0.15) is 24.8 Å². The second-order valence-corrected chi connectivity index (χ2v) is 5.96. The molecule has 0 saturated carbocycles. The molecule has 0 aromatic heterocycles. The van der Waals surface area contributed by atoms with Crippen LogP contribution in [0.3, 0.4) is 0 Å². The fourth-order valence-electron chi connectivity index (χ4n) is 2.19. The molecule has 0 bridgehead atoms. The smallest absolute Gasteiger partial charge is 0.169 e. The second-order valence-electron chi connectivity index (χ2n) is 4.55. The number of benzene rings is 1. The van der Waals surface area contributed by atoms with Crippen molar-refractivity contribution in [2.24, 2.45) is 0 Å². The van der Waals surface area contributed by atoms with Gasteiger partial charge < -0.3 is 10.1 Å². The first-order valence-corrected chi connectivity index (χ1v) is 7.50. The van der Waals surface area contributed by atoms with E-state index in [9.17, 15) is 4.39 Å². The predicted molar refractivity (Wildman–Crippen MR) is 74.8 cm³/mol. The number of nitrogens with one attached hydrogen (secondary N) is 1. The minimum atomic E-state index is -0.246. The molecule has 1 saturated heterocycles. The van der Waals surface area contributed by atoms with Crippen molar-refractivity contribution in [3.63, 3.8) is 0 Å². The van der Waals surface area contributed by atoms with Crippen LogP contribution in [0, 0.1) is 5.82 Å². The fourth-order valence-corrected chi connectivity index (χ4v) is 3.46. The summed E-state index contributed by atoms with van der Waals surface area (Å²) in [4.78, 5) is 0. The molecular formula is C14H20FNOS. The zero-order valence-corrected chi connectivity index (χ0v) is 11.6. The Morgan fingerprint density at radius 1 is 1.44 bits per heavy atom. The van der Waals surface area contributed by atoms with Gasteiger partial charge in [-0.05, 0) is 24.7 Å². The number of ether oxygens (including phenoxy) is 1. The van der Waals surface area contributed by atoms with Gasteiger partial charge in [-0.2, -0.15) is 11.8 Å². The molecule has 0 aliphatic carbocycles. The molecule has 0 spiro atoms. The molecule has 1 aromatic carbocycles. The molecule has 4 heteroatoms. The summed E-state index contributed by atoms with van der Waals surface area (Å²) in [7, 11) is 1.49. The zero-order valence-electron chi connectivity index (χ0n) is 10.7. The third-order valence-corrected chi connectivity index (χ3v) is 4.62. The van der Waals surface area contributed by atoms with E-state index in [1.807, 2.05) is 17.8 Å². The Hall–Kier alpha value is -0.740. The number of hydrogen-bond donors (Lipinski definition) is 1. The van der Waals surface area contributed by atoms with Crippen LogP contribution >= 0.6 is 11.8 Å². The number of thioether (sulfide) groups is 1. The average Bonchev–Trinajstić information content (AvgIpc) is 2.42. The molecule has 2 rings (SSSR count). The third-order valence-electron chi connectivity index (χ3n) is 3.22. The molecule has 100 valence electrons. The van der Waals surface area contributed by atoms with E-state index in [1.165, 1.54) is 32.1 Å².